The Kier molecular flexibility index (Phi) is 6.02. The van der Waals surface area contributed by atoms with Gasteiger partial charge in [-0.25, -0.2) is 9.36 Å². The molecule has 34 heavy (non-hydrogen) atoms. The molecule has 0 radical (unpaired) electrons. The van der Waals surface area contributed by atoms with Crippen molar-refractivity contribution in [3.63, 3.8) is 0 Å². The molecule has 4 aromatic rings. The summed E-state index contributed by atoms with van der Waals surface area (Å²) in [7, 11) is 4.79. The number of amides is 1. The zero-order valence-electron chi connectivity index (χ0n) is 19.7. The van der Waals surface area contributed by atoms with E-state index in [2.05, 4.69) is 5.32 Å². The zero-order valence-corrected chi connectivity index (χ0v) is 19.7. The van der Waals surface area contributed by atoms with Gasteiger partial charge in [-0.2, -0.15) is 0 Å². The summed E-state index contributed by atoms with van der Waals surface area (Å²) < 4.78 is 14.6. The van der Waals surface area contributed by atoms with Crippen LogP contribution < -0.4 is 26.0 Å². The molecule has 0 atom stereocenters. The van der Waals surface area contributed by atoms with Crippen molar-refractivity contribution >= 4 is 22.6 Å². The van der Waals surface area contributed by atoms with E-state index in [0.717, 1.165) is 15.8 Å². The summed E-state index contributed by atoms with van der Waals surface area (Å²) in [4.78, 5) is 39.8. The molecule has 0 saturated carbocycles. The maximum atomic E-state index is 13.5. The summed E-state index contributed by atoms with van der Waals surface area (Å²) >= 11 is 0. The van der Waals surface area contributed by atoms with Gasteiger partial charge in [0, 0.05) is 36.6 Å². The first-order valence-electron chi connectivity index (χ1n) is 10.7. The number of aromatic nitrogens is 3. The van der Waals surface area contributed by atoms with Crippen molar-refractivity contribution in [3.05, 3.63) is 80.6 Å². The number of benzene rings is 2. The van der Waals surface area contributed by atoms with Gasteiger partial charge in [-0.15, -0.1) is 0 Å². The topological polar surface area (TPSA) is 96.5 Å². The number of carbonyl (C=O) groups excluding carboxylic acids is 1. The Morgan fingerprint density at radius 2 is 1.56 bits per heavy atom. The molecule has 0 saturated heterocycles. The first-order chi connectivity index (χ1) is 16.2. The first kappa shape index (κ1) is 22.9. The van der Waals surface area contributed by atoms with Crippen LogP contribution in [-0.4, -0.2) is 33.8 Å². The lowest BCUT2D eigenvalue weighted by Gasteiger charge is -2.14. The van der Waals surface area contributed by atoms with E-state index in [1.165, 1.54) is 18.8 Å². The number of rotatable bonds is 6. The molecule has 0 fully saturated rings. The number of anilines is 1. The minimum atomic E-state index is -0.592. The van der Waals surface area contributed by atoms with E-state index >= 15 is 0 Å². The highest BCUT2D eigenvalue weighted by Gasteiger charge is 2.20. The van der Waals surface area contributed by atoms with Crippen LogP contribution in [0.1, 0.15) is 11.3 Å². The van der Waals surface area contributed by atoms with Gasteiger partial charge in [-0.05, 0) is 32.0 Å². The summed E-state index contributed by atoms with van der Waals surface area (Å²) in [6, 6.07) is 13.8. The third-order valence-corrected chi connectivity index (χ3v) is 5.80. The largest absolute Gasteiger partial charge is 0.497 e. The van der Waals surface area contributed by atoms with E-state index in [0.29, 0.717) is 33.9 Å². The molecule has 0 bridgehead atoms. The predicted molar refractivity (Wildman–Crippen MR) is 130 cm³/mol. The summed E-state index contributed by atoms with van der Waals surface area (Å²) in [5.41, 5.74) is 2.40. The molecule has 0 aliphatic heterocycles. The van der Waals surface area contributed by atoms with Crippen molar-refractivity contribution in [1.29, 1.82) is 0 Å². The van der Waals surface area contributed by atoms with Crippen LogP contribution in [0.15, 0.2) is 58.1 Å². The smallest absolute Gasteiger partial charge is 0.336 e. The standard InChI is InChI=1S/C25H26N4O5/c1-15-6-8-18(9-7-15)29-24(31)23-21(10-16(2)27(23)3)28(25(29)32)14-22(30)26-17-11-19(33-4)13-20(12-17)34-5/h6-13H,14H2,1-5H3,(H,26,30). The lowest BCUT2D eigenvalue weighted by atomic mass is 10.2. The number of aryl methyl sites for hydroxylation is 3. The SMILES string of the molecule is COc1cc(NC(=O)Cn2c(=O)n(-c3ccc(C)cc3)c(=O)c3c2cc(C)n3C)cc(OC)c1. The van der Waals surface area contributed by atoms with E-state index in [4.69, 9.17) is 9.47 Å². The van der Waals surface area contributed by atoms with Crippen LogP contribution in [0.4, 0.5) is 5.69 Å². The Labute approximate surface area is 195 Å². The Bertz CT molecular complexity index is 1490. The molecule has 4 rings (SSSR count). The van der Waals surface area contributed by atoms with Gasteiger partial charge in [0.2, 0.25) is 5.91 Å². The number of carbonyl (C=O) groups is 1. The lowest BCUT2D eigenvalue weighted by molar-refractivity contribution is -0.116. The van der Waals surface area contributed by atoms with Crippen molar-refractivity contribution < 1.29 is 14.3 Å². The van der Waals surface area contributed by atoms with Gasteiger partial charge in [0.05, 0.1) is 25.4 Å². The number of ether oxygens (including phenoxy) is 2. The fraction of sp³-hybridized carbons (Fsp3) is 0.240. The monoisotopic (exact) mass is 462 g/mol. The molecule has 0 aliphatic carbocycles. The van der Waals surface area contributed by atoms with Crippen LogP contribution in [-0.2, 0) is 18.4 Å². The Hall–Kier alpha value is -4.27. The molecule has 2 aromatic heterocycles. The van der Waals surface area contributed by atoms with Gasteiger partial charge in [0.1, 0.15) is 23.6 Å². The summed E-state index contributed by atoms with van der Waals surface area (Å²) in [6.45, 7) is 3.48. The highest BCUT2D eigenvalue weighted by Crippen LogP contribution is 2.26. The van der Waals surface area contributed by atoms with Crippen LogP contribution in [0.2, 0.25) is 0 Å². The Balaban J connectivity index is 1.82. The molecule has 1 amide bonds. The van der Waals surface area contributed by atoms with E-state index in [1.54, 1.807) is 48.0 Å². The van der Waals surface area contributed by atoms with Gasteiger partial charge in [0.15, 0.2) is 0 Å². The van der Waals surface area contributed by atoms with Crippen LogP contribution in [0.5, 0.6) is 11.5 Å². The number of nitrogens with one attached hydrogen (secondary N) is 1. The Morgan fingerprint density at radius 3 is 2.15 bits per heavy atom. The number of hydrogen-bond acceptors (Lipinski definition) is 5. The number of fused-ring (bicyclic) bond motifs is 1. The third-order valence-electron chi connectivity index (χ3n) is 5.80. The van der Waals surface area contributed by atoms with Gasteiger partial charge in [0.25, 0.3) is 5.56 Å². The molecular weight excluding hydrogens is 436 g/mol. The van der Waals surface area contributed by atoms with Gasteiger partial charge >= 0.3 is 5.69 Å². The van der Waals surface area contributed by atoms with Gasteiger partial charge in [-0.1, -0.05) is 17.7 Å². The molecule has 176 valence electrons. The highest BCUT2D eigenvalue weighted by molar-refractivity contribution is 5.92. The van der Waals surface area contributed by atoms with Crippen molar-refractivity contribution in [2.45, 2.75) is 20.4 Å². The predicted octanol–water partition coefficient (Wildman–Crippen LogP) is 2.76. The zero-order chi connectivity index (χ0) is 24.6. The fourth-order valence-corrected chi connectivity index (χ4v) is 3.88. The maximum Gasteiger partial charge on any atom is 0.336 e. The second kappa shape index (κ2) is 8.93. The molecule has 0 unspecified atom stereocenters. The second-order valence-electron chi connectivity index (χ2n) is 8.07. The molecule has 2 heterocycles. The van der Waals surface area contributed by atoms with Gasteiger partial charge < -0.3 is 19.4 Å². The summed E-state index contributed by atoms with van der Waals surface area (Å²) in [6.07, 6.45) is 0. The molecule has 0 aliphatic rings. The van der Waals surface area contributed by atoms with Crippen LogP contribution >= 0.6 is 0 Å². The third kappa shape index (κ3) is 4.07. The average molecular weight is 463 g/mol. The van der Waals surface area contributed by atoms with E-state index in [1.807, 2.05) is 26.0 Å². The number of nitrogens with zero attached hydrogens (tertiary/aromatic N) is 3. The molecular formula is C25H26N4O5. The van der Waals surface area contributed by atoms with Crippen LogP contribution in [0, 0.1) is 13.8 Å². The van der Waals surface area contributed by atoms with E-state index < -0.39 is 17.2 Å². The summed E-state index contributed by atoms with van der Waals surface area (Å²) in [5, 5.41) is 2.78. The Morgan fingerprint density at radius 1 is 0.941 bits per heavy atom. The first-order valence-corrected chi connectivity index (χ1v) is 10.7. The van der Waals surface area contributed by atoms with Crippen molar-refractivity contribution in [2.24, 2.45) is 7.05 Å². The quantitative estimate of drug-likeness (QED) is 0.475. The van der Waals surface area contributed by atoms with Crippen molar-refractivity contribution in [1.82, 2.24) is 13.7 Å². The van der Waals surface area contributed by atoms with E-state index in [-0.39, 0.29) is 6.54 Å². The van der Waals surface area contributed by atoms with Crippen LogP contribution in [0.25, 0.3) is 16.7 Å². The minimum Gasteiger partial charge on any atom is -0.497 e. The molecule has 9 nitrogen and oxygen atoms in total. The van der Waals surface area contributed by atoms with Gasteiger partial charge in [-0.3, -0.25) is 14.2 Å². The van der Waals surface area contributed by atoms with E-state index in [9.17, 15) is 14.4 Å². The molecule has 1 N–H and O–H groups in total. The molecule has 0 spiro atoms. The second-order valence-corrected chi connectivity index (χ2v) is 8.07. The molecule has 9 heteroatoms. The normalized spacial score (nSPS) is 11.0. The maximum absolute atomic E-state index is 13.5. The van der Waals surface area contributed by atoms with Crippen LogP contribution in [0.3, 0.4) is 0 Å². The summed E-state index contributed by atoms with van der Waals surface area (Å²) in [5.74, 6) is 0.593. The van der Waals surface area contributed by atoms with Crippen molar-refractivity contribution in [3.8, 4) is 17.2 Å². The number of hydrogen-bond donors (Lipinski definition) is 1. The lowest BCUT2D eigenvalue weighted by Crippen LogP contribution is -2.41. The minimum absolute atomic E-state index is 0.287. The molecule has 2 aromatic carbocycles. The average Bonchev–Trinajstić information content (AvgIpc) is 3.11. The fourth-order valence-electron chi connectivity index (χ4n) is 3.88. The highest BCUT2D eigenvalue weighted by atomic mass is 16.5. The number of methoxy groups -OCH3 is 2. The van der Waals surface area contributed by atoms with Crippen molar-refractivity contribution in [2.75, 3.05) is 19.5 Å².